The van der Waals surface area contributed by atoms with Gasteiger partial charge in [-0.05, 0) is 49.3 Å². The highest BCUT2D eigenvalue weighted by molar-refractivity contribution is 6.20. The first-order chi connectivity index (χ1) is 16.1. The number of benzodiazepines with no additional fused rings is 1. The quantitative estimate of drug-likeness (QED) is 0.478. The van der Waals surface area contributed by atoms with Crippen LogP contribution in [0.15, 0.2) is 53.5 Å². The van der Waals surface area contributed by atoms with Gasteiger partial charge in [-0.3, -0.25) is 14.6 Å². The number of anilines is 1. The van der Waals surface area contributed by atoms with E-state index in [-0.39, 0.29) is 24.2 Å². The van der Waals surface area contributed by atoms with Gasteiger partial charge in [0.15, 0.2) is 0 Å². The molecule has 2 aliphatic rings. The van der Waals surface area contributed by atoms with Crippen molar-refractivity contribution >= 4 is 23.3 Å². The second kappa shape index (κ2) is 10.3. The van der Waals surface area contributed by atoms with E-state index in [1.807, 2.05) is 18.2 Å². The molecule has 1 aliphatic carbocycles. The maximum absolute atomic E-state index is 13.9. The first-order valence-corrected chi connectivity index (χ1v) is 12.3. The van der Waals surface area contributed by atoms with Crippen LogP contribution in [-0.4, -0.2) is 36.8 Å². The molecule has 5 nitrogen and oxygen atoms in total. The van der Waals surface area contributed by atoms with E-state index in [1.54, 1.807) is 11.8 Å². The Bertz CT molecular complexity index is 1020. The predicted molar refractivity (Wildman–Crippen MR) is 132 cm³/mol. The van der Waals surface area contributed by atoms with Crippen molar-refractivity contribution in [3.8, 4) is 0 Å². The lowest BCUT2D eigenvalue weighted by molar-refractivity contribution is -0.142. The van der Waals surface area contributed by atoms with Gasteiger partial charge in [0.1, 0.15) is 6.04 Å². The highest BCUT2D eigenvalue weighted by Crippen LogP contribution is 2.42. The van der Waals surface area contributed by atoms with Crippen LogP contribution in [0.2, 0.25) is 0 Å². The zero-order chi connectivity index (χ0) is 23.4. The Morgan fingerprint density at radius 2 is 1.82 bits per heavy atom. The lowest BCUT2D eigenvalue weighted by Crippen LogP contribution is -2.42. The van der Waals surface area contributed by atoms with Crippen LogP contribution in [0.3, 0.4) is 0 Å². The van der Waals surface area contributed by atoms with Crippen LogP contribution in [0, 0.1) is 5.92 Å². The Morgan fingerprint density at radius 1 is 1.09 bits per heavy atom. The van der Waals surface area contributed by atoms with Crippen LogP contribution in [0.4, 0.5) is 5.69 Å². The molecule has 0 radical (unpaired) electrons. The fraction of sp³-hybridized carbons (Fsp3) is 0.464. The number of amides is 1. The van der Waals surface area contributed by atoms with Gasteiger partial charge >= 0.3 is 5.97 Å². The summed E-state index contributed by atoms with van der Waals surface area (Å²) in [7, 11) is 0. The maximum Gasteiger partial charge on any atom is 0.307 e. The number of hydrogen-bond acceptors (Lipinski definition) is 4. The van der Waals surface area contributed by atoms with E-state index in [9.17, 15) is 9.59 Å². The maximum atomic E-state index is 13.9. The third-order valence-corrected chi connectivity index (χ3v) is 6.79. The van der Waals surface area contributed by atoms with Gasteiger partial charge in [0.25, 0.3) is 5.91 Å². The van der Waals surface area contributed by atoms with Crippen molar-refractivity contribution in [3.63, 3.8) is 0 Å². The molecule has 0 bridgehead atoms. The number of fused-ring (bicyclic) bond motifs is 1. The molecule has 1 amide bonds. The van der Waals surface area contributed by atoms with Crippen molar-refractivity contribution in [2.24, 2.45) is 10.9 Å². The minimum atomic E-state index is -0.478. The molecule has 2 aromatic rings. The largest absolute Gasteiger partial charge is 0.466 e. The van der Waals surface area contributed by atoms with Gasteiger partial charge in [0.05, 0.1) is 24.4 Å². The highest BCUT2D eigenvalue weighted by atomic mass is 16.5. The molecule has 1 atom stereocenters. The summed E-state index contributed by atoms with van der Waals surface area (Å²) in [4.78, 5) is 33.0. The van der Waals surface area contributed by atoms with Crippen molar-refractivity contribution in [1.82, 2.24) is 0 Å². The van der Waals surface area contributed by atoms with Crippen LogP contribution in [0.25, 0.3) is 0 Å². The first-order valence-electron chi connectivity index (χ1n) is 12.3. The van der Waals surface area contributed by atoms with E-state index >= 15 is 0 Å². The number of rotatable bonds is 9. The number of nitrogens with zero attached hydrogens (tertiary/aromatic N) is 2. The zero-order valence-corrected chi connectivity index (χ0v) is 19.9. The van der Waals surface area contributed by atoms with Gasteiger partial charge < -0.3 is 9.64 Å². The summed E-state index contributed by atoms with van der Waals surface area (Å²) in [6, 6.07) is 16.1. The van der Waals surface area contributed by atoms with E-state index in [2.05, 4.69) is 44.2 Å². The van der Waals surface area contributed by atoms with Crippen molar-refractivity contribution in [2.75, 3.05) is 18.1 Å². The summed E-state index contributed by atoms with van der Waals surface area (Å²) in [6.45, 7) is 6.66. The minimum absolute atomic E-state index is 0.0284. The molecule has 174 valence electrons. The Morgan fingerprint density at radius 3 is 2.45 bits per heavy atom. The van der Waals surface area contributed by atoms with Crippen LogP contribution >= 0.6 is 0 Å². The molecular weight excluding hydrogens is 412 g/mol. The van der Waals surface area contributed by atoms with Gasteiger partial charge in [0.2, 0.25) is 0 Å². The topological polar surface area (TPSA) is 59.0 Å². The van der Waals surface area contributed by atoms with E-state index in [0.717, 1.165) is 35.4 Å². The van der Waals surface area contributed by atoms with Crippen LogP contribution in [-0.2, 0) is 14.3 Å². The molecular formula is C28H34N2O3. The average Bonchev–Trinajstić information content (AvgIpc) is 3.68. The average molecular weight is 447 g/mol. The number of carbonyl (C=O) groups excluding carboxylic acids is 2. The van der Waals surface area contributed by atoms with E-state index in [4.69, 9.17) is 9.73 Å². The SMILES string of the molecule is CCOC(=O)CCN1C(=O)[C@H](C(CC)CC)N=C(c2ccccc2)c2cc(C3CC3)ccc21. The number of carbonyl (C=O) groups is 2. The highest BCUT2D eigenvalue weighted by Gasteiger charge is 2.36. The van der Waals surface area contributed by atoms with E-state index < -0.39 is 6.04 Å². The fourth-order valence-electron chi connectivity index (χ4n) is 4.73. The normalized spacial score (nSPS) is 18.1. The Labute approximate surface area is 196 Å². The van der Waals surface area contributed by atoms with E-state index in [0.29, 0.717) is 19.1 Å². The lowest BCUT2D eigenvalue weighted by Gasteiger charge is -2.28. The molecule has 0 aromatic heterocycles. The summed E-state index contributed by atoms with van der Waals surface area (Å²) in [5.41, 5.74) is 5.01. The van der Waals surface area contributed by atoms with Crippen molar-refractivity contribution in [3.05, 3.63) is 65.2 Å². The fourth-order valence-corrected chi connectivity index (χ4v) is 4.73. The molecule has 1 fully saturated rings. The molecule has 4 rings (SSSR count). The number of hydrogen-bond donors (Lipinski definition) is 0. The van der Waals surface area contributed by atoms with Gasteiger partial charge in [-0.15, -0.1) is 0 Å². The second-order valence-corrected chi connectivity index (χ2v) is 8.96. The second-order valence-electron chi connectivity index (χ2n) is 8.96. The van der Waals surface area contributed by atoms with Crippen molar-refractivity contribution < 1.29 is 14.3 Å². The Hall–Kier alpha value is -2.95. The molecule has 5 heteroatoms. The first kappa shape index (κ1) is 23.2. The molecule has 1 saturated carbocycles. The minimum Gasteiger partial charge on any atom is -0.466 e. The van der Waals surface area contributed by atoms with Crippen molar-refractivity contribution in [2.45, 2.75) is 64.8 Å². The summed E-state index contributed by atoms with van der Waals surface area (Å²) in [6.07, 6.45) is 4.32. The van der Waals surface area contributed by atoms with Gasteiger partial charge in [-0.2, -0.15) is 0 Å². The lowest BCUT2D eigenvalue weighted by atomic mass is 9.93. The molecule has 2 aromatic carbocycles. The summed E-state index contributed by atoms with van der Waals surface area (Å²) in [5.74, 6) is 0.418. The smallest absolute Gasteiger partial charge is 0.307 e. The number of ether oxygens (including phenoxy) is 1. The van der Waals surface area contributed by atoms with Gasteiger partial charge in [-0.25, -0.2) is 0 Å². The van der Waals surface area contributed by atoms with Crippen LogP contribution in [0.1, 0.15) is 75.5 Å². The Kier molecular flexibility index (Phi) is 7.26. The third kappa shape index (κ3) is 5.02. The zero-order valence-electron chi connectivity index (χ0n) is 19.9. The third-order valence-electron chi connectivity index (χ3n) is 6.79. The molecule has 1 aliphatic heterocycles. The Balaban J connectivity index is 1.85. The van der Waals surface area contributed by atoms with Crippen LogP contribution < -0.4 is 4.90 Å². The summed E-state index contributed by atoms with van der Waals surface area (Å²) in [5, 5.41) is 0. The number of benzene rings is 2. The molecule has 0 N–H and O–H groups in total. The van der Waals surface area contributed by atoms with Gasteiger partial charge in [-0.1, -0.05) is 63.1 Å². The van der Waals surface area contributed by atoms with Crippen LogP contribution in [0.5, 0.6) is 0 Å². The standard InChI is InChI=1S/C28H34N2O3/c1-4-19(5-2)27-28(32)30(17-16-25(31)33-6-3)24-15-14-22(20-12-13-20)18-23(24)26(29-27)21-10-8-7-9-11-21/h7-11,14-15,18-20,27H,4-6,12-13,16-17H2,1-3H3/t27-/m0/s1. The van der Waals surface area contributed by atoms with Gasteiger partial charge in [0, 0.05) is 17.7 Å². The van der Waals surface area contributed by atoms with Crippen molar-refractivity contribution in [1.29, 1.82) is 0 Å². The molecule has 33 heavy (non-hydrogen) atoms. The predicted octanol–water partition coefficient (Wildman–Crippen LogP) is 5.51. The molecule has 0 spiro atoms. The number of aliphatic imine (C=N–C) groups is 1. The molecule has 0 unspecified atom stereocenters. The molecule has 1 heterocycles. The van der Waals surface area contributed by atoms with E-state index in [1.165, 1.54) is 18.4 Å². The summed E-state index contributed by atoms with van der Waals surface area (Å²) >= 11 is 0. The molecule has 0 saturated heterocycles. The monoisotopic (exact) mass is 446 g/mol. The number of esters is 1. The summed E-state index contributed by atoms with van der Waals surface area (Å²) < 4.78 is 5.15.